The fourth-order valence-corrected chi connectivity index (χ4v) is 10.5. The van der Waals surface area contributed by atoms with Gasteiger partial charge in [0.1, 0.15) is 13.2 Å². The third-order valence-corrected chi connectivity index (χ3v) is 13.1. The van der Waals surface area contributed by atoms with Crippen molar-refractivity contribution < 1.29 is 48.0 Å². The van der Waals surface area contributed by atoms with Crippen LogP contribution in [0, 0.1) is 71.0 Å². The Balaban J connectivity index is 0.867. The third kappa shape index (κ3) is 4.86. The van der Waals surface area contributed by atoms with Crippen LogP contribution in [0.2, 0.25) is 0 Å². The zero-order valence-electron chi connectivity index (χ0n) is 28.1. The zero-order valence-corrected chi connectivity index (χ0v) is 28.1. The van der Waals surface area contributed by atoms with Gasteiger partial charge in [0.15, 0.2) is 36.4 Å². The highest BCUT2D eigenvalue weighted by Gasteiger charge is 2.71. The molecule has 0 aromatic carbocycles. The van der Waals surface area contributed by atoms with Gasteiger partial charge in [0.2, 0.25) is 11.6 Å². The molecular weight excluding hydrogens is 592 g/mol. The number of fused-ring (bicyclic) bond motifs is 4. The lowest BCUT2D eigenvalue weighted by Gasteiger charge is -2.60. The van der Waals surface area contributed by atoms with Crippen LogP contribution in [-0.4, -0.2) is 61.2 Å². The third-order valence-electron chi connectivity index (χ3n) is 13.1. The van der Waals surface area contributed by atoms with E-state index in [1.165, 1.54) is 0 Å². The Hall–Kier alpha value is -1.28. The van der Waals surface area contributed by atoms with Crippen LogP contribution in [-0.2, 0) is 48.0 Å². The van der Waals surface area contributed by atoms with Gasteiger partial charge in [0.05, 0.1) is 0 Å². The van der Waals surface area contributed by atoms with Gasteiger partial charge in [-0.05, 0) is 87.9 Å². The average Bonchev–Trinajstić information content (AvgIpc) is 3.40. The van der Waals surface area contributed by atoms with Crippen molar-refractivity contribution in [1.29, 1.82) is 0 Å². The molecule has 0 N–H and O–H groups in total. The molecule has 0 aromatic rings. The van der Waals surface area contributed by atoms with Crippen molar-refractivity contribution >= 4 is 0 Å². The summed E-state index contributed by atoms with van der Waals surface area (Å²) in [4.78, 5) is 24.2. The van der Waals surface area contributed by atoms with Gasteiger partial charge in [-0.1, -0.05) is 39.5 Å². The van der Waals surface area contributed by atoms with E-state index in [0.717, 1.165) is 51.4 Å². The van der Waals surface area contributed by atoms with E-state index in [9.17, 15) is 0 Å². The Bertz CT molecular complexity index is 1200. The Morgan fingerprint density at radius 3 is 1.43 bits per heavy atom. The Kier molecular flexibility index (Phi) is 8.10. The lowest BCUT2D eigenvalue weighted by molar-refractivity contribution is -0.577. The molecule has 254 valence electrons. The van der Waals surface area contributed by atoms with Crippen LogP contribution in [0.25, 0.3) is 0 Å². The van der Waals surface area contributed by atoms with Gasteiger partial charge in [-0.2, -0.15) is 0 Å². The molecule has 0 unspecified atom stereocenters. The summed E-state index contributed by atoms with van der Waals surface area (Å²) in [5.41, 5.74) is -1.19. The maximum atomic E-state index is 6.47. The molecule has 0 amide bonds. The minimum Gasteiger partial charge on any atom is -0.340 e. The van der Waals surface area contributed by atoms with Crippen molar-refractivity contribution in [3.63, 3.8) is 0 Å². The summed E-state index contributed by atoms with van der Waals surface area (Å²) in [5, 5.41) is 0. The minimum atomic E-state index is -0.803. The van der Waals surface area contributed by atoms with Gasteiger partial charge in [0, 0.05) is 36.5 Å². The number of hydrogen-bond acceptors (Lipinski definition) is 10. The van der Waals surface area contributed by atoms with Crippen LogP contribution in [0.15, 0.2) is 0 Å². The molecule has 10 rings (SSSR count). The first-order valence-electron chi connectivity index (χ1n) is 17.7. The van der Waals surface area contributed by atoms with E-state index >= 15 is 0 Å². The molecule has 0 aromatic heterocycles. The molecule has 46 heavy (non-hydrogen) atoms. The van der Waals surface area contributed by atoms with E-state index < -0.39 is 47.9 Å². The molecule has 10 nitrogen and oxygen atoms in total. The Morgan fingerprint density at radius 1 is 0.565 bits per heavy atom. The predicted molar refractivity (Wildman–Crippen MR) is 161 cm³/mol. The normalized spacial score (nSPS) is 55.0. The van der Waals surface area contributed by atoms with E-state index in [-0.39, 0.29) is 36.9 Å². The van der Waals surface area contributed by atoms with E-state index in [1.54, 1.807) is 0 Å². The fourth-order valence-electron chi connectivity index (χ4n) is 10.5. The molecular formula is C36H50O10. The first-order valence-corrected chi connectivity index (χ1v) is 17.7. The summed E-state index contributed by atoms with van der Waals surface area (Å²) >= 11 is 0. The van der Waals surface area contributed by atoms with Gasteiger partial charge < -0.3 is 28.4 Å². The van der Waals surface area contributed by atoms with E-state index in [0.29, 0.717) is 23.7 Å². The summed E-state index contributed by atoms with van der Waals surface area (Å²) in [7, 11) is 0. The van der Waals surface area contributed by atoms with E-state index in [2.05, 4.69) is 51.4 Å². The molecule has 10 aliphatic rings. The van der Waals surface area contributed by atoms with Crippen molar-refractivity contribution in [3.8, 4) is 23.7 Å². The van der Waals surface area contributed by atoms with Crippen molar-refractivity contribution in [2.75, 3.05) is 13.2 Å². The highest BCUT2D eigenvalue weighted by molar-refractivity contribution is 5.26. The molecule has 16 atom stereocenters. The molecule has 2 spiro atoms. The van der Waals surface area contributed by atoms with Gasteiger partial charge in [-0.15, -0.1) is 0 Å². The first-order chi connectivity index (χ1) is 22.1. The molecule has 2 saturated carbocycles. The lowest BCUT2D eigenvalue weighted by Crippen LogP contribution is -2.70. The second kappa shape index (κ2) is 11.7. The van der Waals surface area contributed by atoms with Gasteiger partial charge in [0.25, 0.3) is 0 Å². The monoisotopic (exact) mass is 642 g/mol. The lowest BCUT2D eigenvalue weighted by atomic mass is 9.58. The van der Waals surface area contributed by atoms with Crippen LogP contribution < -0.4 is 0 Å². The van der Waals surface area contributed by atoms with Crippen LogP contribution in [0.1, 0.15) is 92.9 Å². The highest BCUT2D eigenvalue weighted by atomic mass is 17.3. The first kappa shape index (κ1) is 32.0. The molecule has 0 radical (unpaired) electrons. The van der Waals surface area contributed by atoms with Crippen LogP contribution in [0.4, 0.5) is 0 Å². The summed E-state index contributed by atoms with van der Waals surface area (Å²) in [6.07, 6.45) is 5.99. The number of rotatable bonds is 4. The van der Waals surface area contributed by atoms with Crippen molar-refractivity contribution in [1.82, 2.24) is 0 Å². The van der Waals surface area contributed by atoms with E-state index in [1.807, 2.05) is 13.8 Å². The predicted octanol–water partition coefficient (Wildman–Crippen LogP) is 5.44. The van der Waals surface area contributed by atoms with Crippen LogP contribution in [0.3, 0.4) is 0 Å². The van der Waals surface area contributed by atoms with Crippen LogP contribution >= 0.6 is 0 Å². The second-order valence-electron chi connectivity index (χ2n) is 15.8. The maximum Gasteiger partial charge on any atom is 0.201 e. The summed E-state index contributed by atoms with van der Waals surface area (Å²) in [6.45, 7) is 13.3. The quantitative estimate of drug-likeness (QED) is 0.292. The number of ether oxygens (including phenoxy) is 6. The maximum absolute atomic E-state index is 6.47. The van der Waals surface area contributed by atoms with Crippen molar-refractivity contribution in [2.24, 2.45) is 47.3 Å². The number of hydrogen-bond donors (Lipinski definition) is 0. The Labute approximate surface area is 272 Å². The van der Waals surface area contributed by atoms with Crippen molar-refractivity contribution in [3.05, 3.63) is 0 Å². The Morgan fingerprint density at radius 2 is 1.00 bits per heavy atom. The second-order valence-corrected chi connectivity index (χ2v) is 15.8. The molecule has 8 heterocycles. The smallest absolute Gasteiger partial charge is 0.201 e. The highest BCUT2D eigenvalue weighted by Crippen LogP contribution is 2.62. The SMILES string of the molecule is C[C@H]1[C@@H](OCC#CC#CCO[C@H]2O[C@@H]3O[C@@]4(C)CC[C@H]5[C@H](C)CC[C@@H]([C@H]2C)[C@@]35OO4)O[C@@H]2O[C@@]3(C)CC[C@H]4[C@H](C)CC[C@@H]1[C@@]24OO3. The fraction of sp³-hybridized carbons (Fsp3) is 0.889. The largest absolute Gasteiger partial charge is 0.340 e. The molecule has 10 heteroatoms. The van der Waals surface area contributed by atoms with E-state index in [4.69, 9.17) is 48.0 Å². The standard InChI is InChI=1S/C36H50O10/c1-21-11-13-27-23(3)29(39-31-35(27)25(21)15-17-33(5,41-31)43-45-35)37-19-9-7-8-10-20-38-30-24(4)28-14-12-22(2)26-16-18-34(6)42-32(40-30)36(26,28)46-44-34/h21-32H,11-20H2,1-6H3/t21-,22-,23-,24-,25+,26+,27+,28+,29+,30+,31-,32-,33-,34-,35-,36-/m1/s1. The van der Waals surface area contributed by atoms with Crippen molar-refractivity contribution in [2.45, 2.75) is 141 Å². The molecule has 8 aliphatic heterocycles. The van der Waals surface area contributed by atoms with Gasteiger partial charge in [-0.3, -0.25) is 0 Å². The summed E-state index contributed by atoms with van der Waals surface area (Å²) in [5.74, 6) is 12.6. The van der Waals surface area contributed by atoms with Gasteiger partial charge in [-0.25, -0.2) is 19.6 Å². The van der Waals surface area contributed by atoms with Gasteiger partial charge >= 0.3 is 0 Å². The molecule has 2 aliphatic carbocycles. The minimum absolute atomic E-state index is 0.105. The summed E-state index contributed by atoms with van der Waals surface area (Å²) < 4.78 is 38.1. The van der Waals surface area contributed by atoms with Crippen LogP contribution in [0.5, 0.6) is 0 Å². The molecule has 8 saturated heterocycles. The zero-order chi connectivity index (χ0) is 31.9. The molecule has 10 fully saturated rings. The molecule has 4 bridgehead atoms. The average molecular weight is 643 g/mol. The summed E-state index contributed by atoms with van der Waals surface area (Å²) in [6, 6.07) is 0. The topological polar surface area (TPSA) is 92.3 Å².